The third-order valence-electron chi connectivity index (χ3n) is 34.6. The van der Waals surface area contributed by atoms with Gasteiger partial charge in [-0.3, -0.25) is 0 Å². The maximum Gasteiger partial charge on any atom is 0.0544 e. The topological polar surface area (TPSA) is 13.1 Å². The molecule has 3 heteroatoms. The molecule has 0 N–H and O–H groups in total. The fourth-order valence-corrected chi connectivity index (χ4v) is 25.7. The van der Waals surface area contributed by atoms with E-state index in [0.29, 0.717) is 0 Å². The van der Waals surface area contributed by atoms with E-state index in [9.17, 15) is 0 Å². The number of hydrogen-bond acceptors (Lipinski definition) is 1. The summed E-state index contributed by atoms with van der Waals surface area (Å²) < 4.78 is 4.96. The number of aromatic nitrogens is 2. The van der Waals surface area contributed by atoms with Gasteiger partial charge in [0, 0.05) is 71.3 Å². The molecular weight excluding hydrogens is 1590 g/mol. The highest BCUT2D eigenvalue weighted by molar-refractivity contribution is 6.16. The summed E-state index contributed by atoms with van der Waals surface area (Å²) in [7, 11) is 0. The lowest BCUT2D eigenvalue weighted by Gasteiger charge is -2.50. The summed E-state index contributed by atoms with van der Waals surface area (Å²) in [6, 6.07) is 134. The van der Waals surface area contributed by atoms with Gasteiger partial charge in [-0.25, -0.2) is 0 Å². The Labute approximate surface area is 777 Å². The molecule has 0 spiro atoms. The molecule has 0 saturated heterocycles. The van der Waals surface area contributed by atoms with Gasteiger partial charge >= 0.3 is 0 Å². The third kappa shape index (κ3) is 10.9. The number of rotatable bonds is 5. The summed E-state index contributed by atoms with van der Waals surface area (Å²) in [5.41, 5.74) is 44.5. The number of para-hydroxylation sites is 6. The van der Waals surface area contributed by atoms with Crippen molar-refractivity contribution >= 4 is 93.0 Å². The van der Waals surface area contributed by atoms with Crippen LogP contribution in [-0.4, -0.2) is 9.13 Å². The molecule has 2 heterocycles. The maximum absolute atomic E-state index is 2.55. The van der Waals surface area contributed by atoms with E-state index in [4.69, 9.17) is 0 Å². The quantitative estimate of drug-likeness (QED) is 0.167. The molecule has 0 bridgehead atoms. The highest BCUT2D eigenvalue weighted by Crippen LogP contribution is 2.67. The van der Waals surface area contributed by atoms with E-state index in [1.54, 1.807) is 0 Å². The van der Waals surface area contributed by atoms with Crippen LogP contribution in [0.4, 0.5) is 17.1 Å². The zero-order chi connectivity index (χ0) is 90.8. The monoisotopic (exact) mass is 1700 g/mol. The van der Waals surface area contributed by atoms with E-state index in [-0.39, 0.29) is 48.7 Å². The second kappa shape index (κ2) is 28.1. The van der Waals surface area contributed by atoms with Crippen LogP contribution >= 0.6 is 0 Å². The van der Waals surface area contributed by atoms with Crippen LogP contribution in [0.1, 0.15) is 191 Å². The van der Waals surface area contributed by atoms with E-state index in [0.717, 1.165) is 11.4 Å². The van der Waals surface area contributed by atoms with Gasteiger partial charge in [-0.2, -0.15) is 0 Å². The lowest BCUT2D eigenvalue weighted by molar-refractivity contribution is 0.298. The first-order valence-corrected chi connectivity index (χ1v) is 47.8. The van der Waals surface area contributed by atoms with Crippen molar-refractivity contribution in [2.45, 2.75) is 173 Å². The van der Waals surface area contributed by atoms with Gasteiger partial charge in [0.1, 0.15) is 0 Å². The minimum atomic E-state index is -0.182. The summed E-state index contributed by atoms with van der Waals surface area (Å²) in [6.45, 7) is 44.0. The lowest BCUT2D eigenvalue weighted by atomic mass is 9.53. The van der Waals surface area contributed by atoms with Crippen molar-refractivity contribution in [1.82, 2.24) is 9.13 Å². The Kier molecular flexibility index (Phi) is 17.3. The van der Waals surface area contributed by atoms with Crippen molar-refractivity contribution in [3.63, 3.8) is 0 Å². The molecule has 0 aliphatic heterocycles. The molecule has 26 rings (SSSR count). The van der Waals surface area contributed by atoms with Crippen LogP contribution in [0.15, 0.2) is 358 Å². The van der Waals surface area contributed by atoms with Crippen molar-refractivity contribution in [3.8, 4) is 78.1 Å². The number of anilines is 3. The van der Waals surface area contributed by atoms with Crippen LogP contribution in [0.3, 0.4) is 0 Å². The smallest absolute Gasteiger partial charge is 0.0544 e. The highest BCUT2D eigenvalue weighted by atomic mass is 15.1. The minimum Gasteiger partial charge on any atom is -0.310 e. The Morgan fingerprint density at radius 3 is 1.16 bits per heavy atom. The van der Waals surface area contributed by atoms with Gasteiger partial charge in [-0.05, 0) is 279 Å². The molecule has 20 aromatic rings. The normalized spacial score (nSPS) is 16.8. The van der Waals surface area contributed by atoms with Gasteiger partial charge in [-0.15, -0.1) is 0 Å². The van der Waals surface area contributed by atoms with Gasteiger partial charge in [-0.1, -0.05) is 392 Å². The molecule has 6 aliphatic rings. The Balaban J connectivity index is 0.000000109. The van der Waals surface area contributed by atoms with Gasteiger partial charge in [0.15, 0.2) is 0 Å². The number of hydrogen-bond donors (Lipinski definition) is 0. The summed E-state index contributed by atoms with van der Waals surface area (Å²) in [6.07, 6.45) is 0. The third-order valence-corrected chi connectivity index (χ3v) is 34.6. The van der Waals surface area contributed by atoms with E-state index < -0.39 is 0 Å². The second-order valence-corrected chi connectivity index (χ2v) is 43.4. The van der Waals surface area contributed by atoms with E-state index in [2.05, 4.69) is 497 Å². The number of benzene rings is 18. The Morgan fingerprint density at radius 1 is 0.182 bits per heavy atom. The number of nitrogens with zero attached hydrogens (tertiary/aromatic N) is 3. The van der Waals surface area contributed by atoms with Crippen molar-refractivity contribution in [2.24, 2.45) is 0 Å². The minimum absolute atomic E-state index is 0.0107. The predicted molar refractivity (Wildman–Crippen MR) is 562 cm³/mol. The molecule has 3 nitrogen and oxygen atoms in total. The second-order valence-electron chi connectivity index (χ2n) is 43.4. The predicted octanol–water partition coefficient (Wildman–Crippen LogP) is 34.8. The average molecular weight is 1710 g/mol. The summed E-state index contributed by atoms with van der Waals surface area (Å²) in [5, 5.41) is 13.2. The fraction of sp³-hybridized carbons (Fsp3) is 0.209. The summed E-state index contributed by atoms with van der Waals surface area (Å²) >= 11 is 0. The largest absolute Gasteiger partial charge is 0.310 e. The molecular formula is C129H113N3. The van der Waals surface area contributed by atoms with Gasteiger partial charge < -0.3 is 14.0 Å². The van der Waals surface area contributed by atoms with E-state index in [1.165, 1.54) is 227 Å². The standard InChI is InChI=1S/2C43H37N.C43H39N/c1-41(2)34-25-26(44-35-21-13-10-15-27(35)28-16-11-14-22-36(28)44)23-24-32(34)38-39(41)30-18-8-7-17-29(30)37-31-19-9-12-20-33(31)42(3,4)43(5,6)40(37)38;1-41(2)34-25-37(44-35-21-13-10-15-26(35)27-16-11-14-22-36(27)44)28-17-7-8-18-29(28)38(34)31-23-24-33-39(40(31)41)30-19-9-12-20-32(30)42(3,4)43(33,5)6;1-41(2)37-25-31(44(29-16-9-7-10-17-29)30-18-11-8-12-19-30)22-23-33(37)34-26-39-35(27-38(34)41)40-32-20-14-13-15-28(32)21-24-36(40)42(3,4)43(39,5)6/h2*7-25H,1-6H3;7-27H,1-6H3. The van der Waals surface area contributed by atoms with Crippen LogP contribution < -0.4 is 4.90 Å². The molecule has 0 radical (unpaired) electrons. The maximum atomic E-state index is 2.55. The summed E-state index contributed by atoms with van der Waals surface area (Å²) in [4.78, 5) is 2.37. The highest BCUT2D eigenvalue weighted by Gasteiger charge is 2.54. The van der Waals surface area contributed by atoms with Crippen LogP contribution in [0, 0.1) is 0 Å². The van der Waals surface area contributed by atoms with Crippen LogP contribution in [0.25, 0.3) is 154 Å². The van der Waals surface area contributed by atoms with Gasteiger partial charge in [0.05, 0.1) is 27.8 Å². The molecule has 644 valence electrons. The van der Waals surface area contributed by atoms with Crippen molar-refractivity contribution in [3.05, 3.63) is 425 Å². The molecule has 132 heavy (non-hydrogen) atoms. The first kappa shape index (κ1) is 81.4. The Morgan fingerprint density at radius 2 is 0.576 bits per heavy atom. The fourth-order valence-electron chi connectivity index (χ4n) is 25.7. The molecule has 0 atom stereocenters. The van der Waals surface area contributed by atoms with Gasteiger partial charge in [0.2, 0.25) is 0 Å². The van der Waals surface area contributed by atoms with Crippen molar-refractivity contribution in [1.29, 1.82) is 0 Å². The molecule has 0 unspecified atom stereocenters. The zero-order valence-electron chi connectivity index (χ0n) is 79.4. The molecule has 18 aromatic carbocycles. The van der Waals surface area contributed by atoms with Crippen LogP contribution in [0.5, 0.6) is 0 Å². The summed E-state index contributed by atoms with van der Waals surface area (Å²) in [5.74, 6) is 0. The van der Waals surface area contributed by atoms with Crippen molar-refractivity contribution < 1.29 is 0 Å². The molecule has 6 aliphatic carbocycles. The molecule has 0 fully saturated rings. The Hall–Kier alpha value is -13.9. The van der Waals surface area contributed by atoms with E-state index in [1.807, 2.05) is 0 Å². The van der Waals surface area contributed by atoms with Crippen LogP contribution in [-0.2, 0) is 48.7 Å². The van der Waals surface area contributed by atoms with Crippen LogP contribution in [0.2, 0.25) is 0 Å². The molecule has 2 aromatic heterocycles. The first-order chi connectivity index (χ1) is 63.4. The van der Waals surface area contributed by atoms with Gasteiger partial charge in [0.25, 0.3) is 0 Å². The molecule has 0 amide bonds. The number of fused-ring (bicyclic) bond motifs is 33. The first-order valence-electron chi connectivity index (χ1n) is 47.8. The van der Waals surface area contributed by atoms with E-state index >= 15 is 0 Å². The average Bonchev–Trinajstić information content (AvgIpc) is 1.48. The van der Waals surface area contributed by atoms with Crippen molar-refractivity contribution in [2.75, 3.05) is 4.90 Å². The lowest BCUT2D eigenvalue weighted by Crippen LogP contribution is -2.44. The SMILES string of the molecule is CC1(C)c2cc(-n3c4ccccc4c4ccccc43)c3ccccc3c2-c2ccc3c(c21)-c1ccccc1C(C)(C)C3(C)C.CC1(C)c2cc(-n3c4ccccc4c4ccccc43)ccc2-c2c3c(c4ccccc4c21)-c1ccccc1C(C)(C)C3(C)C.CC1(C)c2cc(N(c3ccccc3)c3ccccc3)ccc2-c2cc3c(cc21)-c1c(ccc2ccccc12)C(C)(C)C3(C)C. The molecule has 0 saturated carbocycles. The zero-order valence-corrected chi connectivity index (χ0v) is 79.4. The Bertz CT molecular complexity index is 8200.